The van der Waals surface area contributed by atoms with Crippen LogP contribution in [0.3, 0.4) is 0 Å². The summed E-state index contributed by atoms with van der Waals surface area (Å²) in [6.45, 7) is 0.865. The molecule has 1 heterocycles. The van der Waals surface area contributed by atoms with E-state index >= 15 is 0 Å². The molecule has 0 spiro atoms. The van der Waals surface area contributed by atoms with Gasteiger partial charge < -0.3 is 16.2 Å². The molecule has 15 heavy (non-hydrogen) atoms. The van der Waals surface area contributed by atoms with Crippen LogP contribution < -0.4 is 22.7 Å². The average Bonchev–Trinajstić information content (AvgIpc) is 2.20. The highest BCUT2D eigenvalue weighted by molar-refractivity contribution is 5.56. The van der Waals surface area contributed by atoms with E-state index in [1.165, 1.54) is 4.57 Å². The normalized spacial score (nSPS) is 10.5. The van der Waals surface area contributed by atoms with Gasteiger partial charge >= 0.3 is 5.69 Å². The summed E-state index contributed by atoms with van der Waals surface area (Å²) in [5.41, 5.74) is 9.60. The van der Waals surface area contributed by atoms with Crippen LogP contribution in [0.5, 0.6) is 0 Å². The molecule has 0 aliphatic rings. The number of aromatic nitrogens is 2. The zero-order valence-corrected chi connectivity index (χ0v) is 8.45. The van der Waals surface area contributed by atoms with Gasteiger partial charge in [-0.2, -0.15) is 0 Å². The van der Waals surface area contributed by atoms with Crippen LogP contribution in [0.1, 0.15) is 6.42 Å². The SMILES string of the molecule is COCCCn1c(N)c(N)c(=O)[nH]c1=O. The van der Waals surface area contributed by atoms with Gasteiger partial charge in [0.05, 0.1) is 0 Å². The molecule has 0 atom stereocenters. The molecule has 0 radical (unpaired) electrons. The molecule has 7 nitrogen and oxygen atoms in total. The first kappa shape index (κ1) is 11.3. The van der Waals surface area contributed by atoms with Gasteiger partial charge in [-0.05, 0) is 6.42 Å². The van der Waals surface area contributed by atoms with Crippen molar-refractivity contribution in [2.75, 3.05) is 25.2 Å². The van der Waals surface area contributed by atoms with Crippen molar-refractivity contribution in [2.45, 2.75) is 13.0 Å². The second-order valence-corrected chi connectivity index (χ2v) is 3.06. The Labute approximate surface area is 85.7 Å². The van der Waals surface area contributed by atoms with Crippen LogP contribution in [-0.4, -0.2) is 23.3 Å². The number of hydrogen-bond donors (Lipinski definition) is 3. The van der Waals surface area contributed by atoms with E-state index in [-0.39, 0.29) is 11.5 Å². The van der Waals surface area contributed by atoms with Gasteiger partial charge in [0.1, 0.15) is 11.5 Å². The Morgan fingerprint density at radius 1 is 1.40 bits per heavy atom. The molecule has 5 N–H and O–H groups in total. The largest absolute Gasteiger partial charge is 0.391 e. The van der Waals surface area contributed by atoms with Crippen LogP contribution >= 0.6 is 0 Å². The maximum absolute atomic E-state index is 11.3. The summed E-state index contributed by atoms with van der Waals surface area (Å²) in [7, 11) is 1.56. The van der Waals surface area contributed by atoms with Crippen molar-refractivity contribution in [3.8, 4) is 0 Å². The number of nitrogens with zero attached hydrogens (tertiary/aromatic N) is 1. The fourth-order valence-electron chi connectivity index (χ4n) is 1.19. The molecule has 0 saturated carbocycles. The number of rotatable bonds is 4. The molecule has 0 saturated heterocycles. The first-order chi connectivity index (χ1) is 7.07. The van der Waals surface area contributed by atoms with Crippen LogP contribution in [0.15, 0.2) is 9.59 Å². The lowest BCUT2D eigenvalue weighted by Crippen LogP contribution is -2.34. The average molecular weight is 214 g/mol. The van der Waals surface area contributed by atoms with E-state index in [4.69, 9.17) is 16.2 Å². The minimum atomic E-state index is -0.652. The molecule has 0 amide bonds. The van der Waals surface area contributed by atoms with E-state index in [1.54, 1.807) is 7.11 Å². The van der Waals surface area contributed by atoms with E-state index in [0.29, 0.717) is 19.6 Å². The van der Waals surface area contributed by atoms with Crippen molar-refractivity contribution in [3.05, 3.63) is 20.8 Å². The second kappa shape index (κ2) is 4.65. The summed E-state index contributed by atoms with van der Waals surface area (Å²) in [5, 5.41) is 0. The third kappa shape index (κ3) is 2.38. The van der Waals surface area contributed by atoms with Crippen molar-refractivity contribution in [3.63, 3.8) is 0 Å². The van der Waals surface area contributed by atoms with E-state index in [0.717, 1.165) is 0 Å². The highest BCUT2D eigenvalue weighted by Crippen LogP contribution is 2.04. The Morgan fingerprint density at radius 3 is 2.67 bits per heavy atom. The monoisotopic (exact) mass is 214 g/mol. The van der Waals surface area contributed by atoms with Crippen molar-refractivity contribution < 1.29 is 4.74 Å². The van der Waals surface area contributed by atoms with E-state index in [2.05, 4.69) is 4.98 Å². The van der Waals surface area contributed by atoms with E-state index < -0.39 is 11.2 Å². The number of anilines is 2. The Balaban J connectivity index is 3.02. The lowest BCUT2D eigenvalue weighted by atomic mass is 10.4. The van der Waals surface area contributed by atoms with Gasteiger partial charge in [0.25, 0.3) is 5.56 Å². The molecule has 7 heteroatoms. The molecule has 1 aromatic heterocycles. The number of nitrogens with one attached hydrogen (secondary N) is 1. The van der Waals surface area contributed by atoms with Gasteiger partial charge in [-0.25, -0.2) is 4.79 Å². The topological polar surface area (TPSA) is 116 Å². The maximum Gasteiger partial charge on any atom is 0.330 e. The van der Waals surface area contributed by atoms with Gasteiger partial charge in [0.15, 0.2) is 0 Å². The van der Waals surface area contributed by atoms with Crippen LogP contribution in [-0.2, 0) is 11.3 Å². The fraction of sp³-hybridized carbons (Fsp3) is 0.500. The predicted molar refractivity (Wildman–Crippen MR) is 56.6 cm³/mol. The third-order valence-corrected chi connectivity index (χ3v) is 2.01. The van der Waals surface area contributed by atoms with Crippen molar-refractivity contribution >= 4 is 11.5 Å². The number of hydrogen-bond acceptors (Lipinski definition) is 5. The summed E-state index contributed by atoms with van der Waals surface area (Å²) in [4.78, 5) is 24.5. The lowest BCUT2D eigenvalue weighted by molar-refractivity contribution is 0.190. The molecule has 0 aliphatic heterocycles. The molecule has 0 bridgehead atoms. The molecule has 0 unspecified atom stereocenters. The molecular formula is C8H14N4O3. The number of H-pyrrole nitrogens is 1. The summed E-state index contributed by atoms with van der Waals surface area (Å²) in [5.74, 6) is -0.000136. The number of nitrogen functional groups attached to an aromatic ring is 2. The van der Waals surface area contributed by atoms with Crippen molar-refractivity contribution in [1.82, 2.24) is 9.55 Å². The first-order valence-electron chi connectivity index (χ1n) is 4.45. The molecule has 0 aromatic carbocycles. The smallest absolute Gasteiger partial charge is 0.330 e. The Bertz CT molecular complexity index is 448. The number of methoxy groups -OCH3 is 1. The standard InChI is InChI=1S/C8H14N4O3/c1-15-4-2-3-12-6(10)5(9)7(13)11-8(12)14/h2-4,9-10H2,1H3,(H,11,13,14). The number of nitrogens with two attached hydrogens (primary N) is 2. The van der Waals surface area contributed by atoms with Crippen LogP contribution in [0, 0.1) is 0 Å². The Morgan fingerprint density at radius 2 is 2.07 bits per heavy atom. The lowest BCUT2D eigenvalue weighted by Gasteiger charge is -2.09. The van der Waals surface area contributed by atoms with Gasteiger partial charge in [-0.1, -0.05) is 0 Å². The van der Waals surface area contributed by atoms with Crippen LogP contribution in [0.2, 0.25) is 0 Å². The summed E-state index contributed by atoms with van der Waals surface area (Å²) in [6, 6.07) is 0. The quantitative estimate of drug-likeness (QED) is 0.541. The molecule has 1 rings (SSSR count). The predicted octanol–water partition coefficient (Wildman–Crippen LogP) is -1.26. The second-order valence-electron chi connectivity index (χ2n) is 3.06. The van der Waals surface area contributed by atoms with Gasteiger partial charge in [0, 0.05) is 20.3 Å². The summed E-state index contributed by atoms with van der Waals surface area (Å²) < 4.78 is 6.06. The highest BCUT2D eigenvalue weighted by Gasteiger charge is 2.08. The number of ether oxygens (including phenoxy) is 1. The summed E-state index contributed by atoms with van der Waals surface area (Å²) in [6.07, 6.45) is 0.617. The van der Waals surface area contributed by atoms with E-state index in [9.17, 15) is 9.59 Å². The minimum Gasteiger partial charge on any atom is -0.391 e. The molecule has 0 aliphatic carbocycles. The van der Waals surface area contributed by atoms with Crippen LogP contribution in [0.4, 0.5) is 11.5 Å². The summed E-state index contributed by atoms with van der Waals surface area (Å²) >= 11 is 0. The van der Waals surface area contributed by atoms with Gasteiger partial charge in [0.2, 0.25) is 0 Å². The number of aromatic amines is 1. The Hall–Kier alpha value is -1.76. The molecule has 1 aromatic rings. The zero-order chi connectivity index (χ0) is 11.4. The molecule has 0 fully saturated rings. The van der Waals surface area contributed by atoms with Crippen molar-refractivity contribution in [1.29, 1.82) is 0 Å². The maximum atomic E-state index is 11.3. The van der Waals surface area contributed by atoms with E-state index in [1.807, 2.05) is 0 Å². The first-order valence-corrected chi connectivity index (χ1v) is 4.45. The Kier molecular flexibility index (Phi) is 3.51. The van der Waals surface area contributed by atoms with Crippen molar-refractivity contribution in [2.24, 2.45) is 0 Å². The minimum absolute atomic E-state index is 0.000136. The van der Waals surface area contributed by atoms with Gasteiger partial charge in [-0.15, -0.1) is 0 Å². The zero-order valence-electron chi connectivity index (χ0n) is 8.45. The highest BCUT2D eigenvalue weighted by atomic mass is 16.5. The fourth-order valence-corrected chi connectivity index (χ4v) is 1.19. The van der Waals surface area contributed by atoms with Gasteiger partial charge in [-0.3, -0.25) is 14.3 Å². The molecular weight excluding hydrogens is 200 g/mol. The molecule has 84 valence electrons. The third-order valence-electron chi connectivity index (χ3n) is 2.01. The van der Waals surface area contributed by atoms with Crippen LogP contribution in [0.25, 0.3) is 0 Å².